The summed E-state index contributed by atoms with van der Waals surface area (Å²) in [5.74, 6) is -0.639. The number of nitrogens with one attached hydrogen (secondary N) is 1. The van der Waals surface area contributed by atoms with Crippen LogP contribution in [0, 0.1) is 11.6 Å². The Bertz CT molecular complexity index is 999. The molecule has 0 saturated carbocycles. The highest BCUT2D eigenvalue weighted by molar-refractivity contribution is 5.45. The van der Waals surface area contributed by atoms with Gasteiger partial charge in [-0.25, -0.2) is 13.5 Å². The van der Waals surface area contributed by atoms with Gasteiger partial charge in [-0.05, 0) is 44.4 Å². The van der Waals surface area contributed by atoms with Crippen molar-refractivity contribution in [1.29, 1.82) is 0 Å². The van der Waals surface area contributed by atoms with E-state index < -0.39 is 11.6 Å². The molecule has 2 N–H and O–H groups in total. The zero-order valence-electron chi connectivity index (χ0n) is 16.2. The highest BCUT2D eigenvalue weighted by atomic mass is 19.1. The molecular weight excluding hydrogens is 376 g/mol. The average Bonchev–Trinajstić information content (AvgIpc) is 3.13. The van der Waals surface area contributed by atoms with Crippen molar-refractivity contribution in [3.8, 4) is 17.2 Å². The standard InChI is InChI=1S/C22H23F2N3O2/c1-2-29-21-8-3-5-14(22(21)28)12-25-19-6-4-7-20-18(19)13-26-27(20)17-10-15(23)9-16(24)11-17/h3,5,8-11,13,19,25,28H,2,4,6-7,12H2,1H3. The summed E-state index contributed by atoms with van der Waals surface area (Å²) in [5.41, 5.74) is 3.10. The molecule has 4 rings (SSSR count). The van der Waals surface area contributed by atoms with Gasteiger partial charge in [0.1, 0.15) is 11.6 Å². The number of nitrogens with zero attached hydrogens (tertiary/aromatic N) is 2. The van der Waals surface area contributed by atoms with Gasteiger partial charge >= 0.3 is 0 Å². The van der Waals surface area contributed by atoms with Crippen molar-refractivity contribution < 1.29 is 18.6 Å². The highest BCUT2D eigenvalue weighted by Gasteiger charge is 2.25. The van der Waals surface area contributed by atoms with Crippen molar-refractivity contribution in [1.82, 2.24) is 15.1 Å². The summed E-state index contributed by atoms with van der Waals surface area (Å²) in [6.07, 6.45) is 4.39. The van der Waals surface area contributed by atoms with Gasteiger partial charge in [0.25, 0.3) is 0 Å². The maximum atomic E-state index is 13.6. The van der Waals surface area contributed by atoms with Crippen LogP contribution in [0.15, 0.2) is 42.6 Å². The van der Waals surface area contributed by atoms with E-state index in [1.165, 1.54) is 12.1 Å². The van der Waals surface area contributed by atoms with Crippen LogP contribution in [0.4, 0.5) is 8.78 Å². The van der Waals surface area contributed by atoms with Crippen molar-refractivity contribution in [3.63, 3.8) is 0 Å². The molecule has 1 aliphatic rings. The lowest BCUT2D eigenvalue weighted by Crippen LogP contribution is -2.25. The van der Waals surface area contributed by atoms with Gasteiger partial charge in [-0.1, -0.05) is 12.1 Å². The number of rotatable bonds is 6. The molecule has 152 valence electrons. The first-order valence-electron chi connectivity index (χ1n) is 9.77. The number of para-hydroxylation sites is 1. The van der Waals surface area contributed by atoms with Crippen molar-refractivity contribution in [2.75, 3.05) is 6.61 Å². The summed E-state index contributed by atoms with van der Waals surface area (Å²) >= 11 is 0. The van der Waals surface area contributed by atoms with E-state index in [2.05, 4.69) is 10.4 Å². The molecule has 7 heteroatoms. The fraction of sp³-hybridized carbons (Fsp3) is 0.318. The predicted octanol–water partition coefficient (Wildman–Crippen LogP) is 4.42. The summed E-state index contributed by atoms with van der Waals surface area (Å²) in [7, 11) is 0. The lowest BCUT2D eigenvalue weighted by Gasteiger charge is -2.24. The summed E-state index contributed by atoms with van der Waals surface area (Å²) < 4.78 is 34.3. The van der Waals surface area contributed by atoms with Crippen molar-refractivity contribution >= 4 is 0 Å². The van der Waals surface area contributed by atoms with Crippen LogP contribution in [-0.2, 0) is 13.0 Å². The Kier molecular flexibility index (Phi) is 5.49. The number of hydrogen-bond acceptors (Lipinski definition) is 4. The van der Waals surface area contributed by atoms with Crippen LogP contribution in [0.5, 0.6) is 11.5 Å². The highest BCUT2D eigenvalue weighted by Crippen LogP contribution is 2.33. The van der Waals surface area contributed by atoms with Crippen LogP contribution in [-0.4, -0.2) is 21.5 Å². The van der Waals surface area contributed by atoms with E-state index in [-0.39, 0.29) is 11.8 Å². The lowest BCUT2D eigenvalue weighted by atomic mass is 9.92. The van der Waals surface area contributed by atoms with Crippen LogP contribution < -0.4 is 10.1 Å². The third-order valence-electron chi connectivity index (χ3n) is 5.20. The van der Waals surface area contributed by atoms with Gasteiger partial charge in [0.2, 0.25) is 0 Å². The van der Waals surface area contributed by atoms with E-state index in [1.54, 1.807) is 16.9 Å². The van der Waals surface area contributed by atoms with Crippen molar-refractivity contribution in [2.45, 2.75) is 38.8 Å². The van der Waals surface area contributed by atoms with E-state index in [4.69, 9.17) is 4.74 Å². The molecule has 1 aromatic heterocycles. The first kappa shape index (κ1) is 19.4. The van der Waals surface area contributed by atoms with Crippen LogP contribution in [0.3, 0.4) is 0 Å². The minimum atomic E-state index is -0.626. The monoisotopic (exact) mass is 399 g/mol. The molecule has 0 saturated heterocycles. The van der Waals surface area contributed by atoms with Crippen LogP contribution in [0.25, 0.3) is 5.69 Å². The lowest BCUT2D eigenvalue weighted by molar-refractivity contribution is 0.315. The van der Waals surface area contributed by atoms with Gasteiger partial charge in [-0.3, -0.25) is 0 Å². The minimum absolute atomic E-state index is 0.0426. The Balaban J connectivity index is 1.56. The summed E-state index contributed by atoms with van der Waals surface area (Å²) in [4.78, 5) is 0. The SMILES string of the molecule is CCOc1cccc(CNC2CCCc3c2cnn3-c2cc(F)cc(F)c2)c1O. The third kappa shape index (κ3) is 3.96. The Hall–Kier alpha value is -2.93. The Morgan fingerprint density at radius 1 is 1.24 bits per heavy atom. The first-order valence-corrected chi connectivity index (χ1v) is 9.77. The second kappa shape index (κ2) is 8.21. The number of phenols is 1. The molecule has 0 fully saturated rings. The van der Waals surface area contributed by atoms with Gasteiger partial charge < -0.3 is 15.2 Å². The zero-order valence-corrected chi connectivity index (χ0v) is 16.2. The Labute approximate surface area is 167 Å². The molecule has 1 aliphatic carbocycles. The van der Waals surface area contributed by atoms with Crippen LogP contribution in [0.1, 0.15) is 42.6 Å². The predicted molar refractivity (Wildman–Crippen MR) is 105 cm³/mol. The number of halogens is 2. The smallest absolute Gasteiger partial charge is 0.162 e. The summed E-state index contributed by atoms with van der Waals surface area (Å²) in [5, 5.41) is 18.3. The molecule has 2 aromatic carbocycles. The zero-order chi connectivity index (χ0) is 20.4. The Morgan fingerprint density at radius 3 is 2.79 bits per heavy atom. The normalized spacial score (nSPS) is 15.9. The van der Waals surface area contributed by atoms with Crippen molar-refractivity contribution in [2.24, 2.45) is 0 Å². The van der Waals surface area contributed by atoms with E-state index in [0.29, 0.717) is 24.6 Å². The molecule has 1 unspecified atom stereocenters. The number of aromatic hydroxyl groups is 1. The van der Waals surface area contributed by atoms with Crippen LogP contribution in [0.2, 0.25) is 0 Å². The number of benzene rings is 2. The molecule has 0 radical (unpaired) electrons. The molecule has 0 amide bonds. The Morgan fingerprint density at radius 2 is 2.03 bits per heavy atom. The largest absolute Gasteiger partial charge is 0.504 e. The van der Waals surface area contributed by atoms with E-state index in [0.717, 1.165) is 42.1 Å². The average molecular weight is 399 g/mol. The summed E-state index contributed by atoms with van der Waals surface area (Å²) in [6, 6.07) is 8.91. The van der Waals surface area contributed by atoms with E-state index >= 15 is 0 Å². The number of hydrogen-bond donors (Lipinski definition) is 2. The molecule has 3 aromatic rings. The number of ether oxygens (including phenoxy) is 1. The van der Waals surface area contributed by atoms with E-state index in [1.807, 2.05) is 19.1 Å². The molecule has 1 atom stereocenters. The number of fused-ring (bicyclic) bond motifs is 1. The second-order valence-corrected chi connectivity index (χ2v) is 7.11. The molecule has 1 heterocycles. The minimum Gasteiger partial charge on any atom is -0.504 e. The first-order chi connectivity index (χ1) is 14.1. The molecule has 0 bridgehead atoms. The third-order valence-corrected chi connectivity index (χ3v) is 5.20. The van der Waals surface area contributed by atoms with Gasteiger partial charge in [0, 0.05) is 35.5 Å². The second-order valence-electron chi connectivity index (χ2n) is 7.11. The van der Waals surface area contributed by atoms with Crippen LogP contribution >= 0.6 is 0 Å². The van der Waals surface area contributed by atoms with Gasteiger partial charge in [0.05, 0.1) is 18.5 Å². The molecule has 0 aliphatic heterocycles. The number of aromatic nitrogens is 2. The summed E-state index contributed by atoms with van der Waals surface area (Å²) in [6.45, 7) is 2.82. The fourth-order valence-corrected chi connectivity index (χ4v) is 3.87. The topological polar surface area (TPSA) is 59.3 Å². The van der Waals surface area contributed by atoms with Gasteiger partial charge in [0.15, 0.2) is 11.5 Å². The van der Waals surface area contributed by atoms with Crippen molar-refractivity contribution in [3.05, 3.63) is 71.1 Å². The molecular formula is C22H23F2N3O2. The molecule has 5 nitrogen and oxygen atoms in total. The fourth-order valence-electron chi connectivity index (χ4n) is 3.87. The maximum Gasteiger partial charge on any atom is 0.162 e. The van der Waals surface area contributed by atoms with Gasteiger partial charge in [-0.15, -0.1) is 0 Å². The molecule has 29 heavy (non-hydrogen) atoms. The maximum absolute atomic E-state index is 13.6. The molecule has 0 spiro atoms. The number of phenolic OH excluding ortho intramolecular Hbond substituents is 1. The van der Waals surface area contributed by atoms with E-state index in [9.17, 15) is 13.9 Å². The quantitative estimate of drug-likeness (QED) is 0.644. The van der Waals surface area contributed by atoms with Gasteiger partial charge in [-0.2, -0.15) is 5.10 Å².